The lowest BCUT2D eigenvalue weighted by Gasteiger charge is -2.26. The molecule has 0 aromatic heterocycles. The molecule has 3 aliphatic rings. The average molecular weight is 363 g/mol. The van der Waals surface area contributed by atoms with Gasteiger partial charge in [0.1, 0.15) is 11.3 Å². The minimum atomic E-state index is -1.57. The number of hydrogen-bond acceptors (Lipinski definition) is 6. The summed E-state index contributed by atoms with van der Waals surface area (Å²) < 4.78 is 11.6. The number of rotatable bonds is 1. The molecule has 5 atom stereocenters. The highest BCUT2D eigenvalue weighted by atomic mass is 35.5. The summed E-state index contributed by atoms with van der Waals surface area (Å²) in [4.78, 5) is 4.25. The maximum atomic E-state index is 10.0. The number of nitrogens with zero attached hydrogens (tertiary/aromatic N) is 3. The zero-order valence-electron chi connectivity index (χ0n) is 12.6. The van der Waals surface area contributed by atoms with Crippen LogP contribution in [0.2, 0.25) is 10.0 Å². The number of nitriles is 2. The fourth-order valence-corrected chi connectivity index (χ4v) is 4.58. The molecule has 0 bridgehead atoms. The molecule has 1 spiro atoms. The predicted octanol–water partition coefficient (Wildman–Crippen LogP) is 2.57. The van der Waals surface area contributed by atoms with E-state index in [1.165, 1.54) is 0 Å². The van der Waals surface area contributed by atoms with Gasteiger partial charge in [-0.15, -0.1) is 0 Å². The molecule has 4 rings (SSSR count). The van der Waals surface area contributed by atoms with Crippen molar-refractivity contribution in [2.75, 3.05) is 6.61 Å². The fourth-order valence-electron chi connectivity index (χ4n) is 4.06. The molecule has 1 aromatic rings. The van der Waals surface area contributed by atoms with Crippen molar-refractivity contribution >= 4 is 29.0 Å². The lowest BCUT2D eigenvalue weighted by molar-refractivity contribution is -0.193. The zero-order chi connectivity index (χ0) is 17.3. The normalized spacial score (nSPS) is 42.3. The van der Waals surface area contributed by atoms with E-state index in [1.807, 2.05) is 6.92 Å². The maximum Gasteiger partial charge on any atom is 0.293 e. The van der Waals surface area contributed by atoms with Gasteiger partial charge in [-0.05, 0) is 24.6 Å². The van der Waals surface area contributed by atoms with Crippen molar-refractivity contribution in [2.24, 2.45) is 21.6 Å². The molecule has 1 aromatic carbocycles. The third-order valence-corrected chi connectivity index (χ3v) is 5.64. The molecule has 1 saturated heterocycles. The Bertz CT molecular complexity index is 876. The van der Waals surface area contributed by atoms with E-state index < -0.39 is 22.7 Å². The Morgan fingerprint density at radius 1 is 1.33 bits per heavy atom. The van der Waals surface area contributed by atoms with Crippen molar-refractivity contribution in [1.82, 2.24) is 0 Å². The fraction of sp³-hybridized carbons (Fsp3) is 0.438. The summed E-state index contributed by atoms with van der Waals surface area (Å²) in [5.41, 5.74) is 3.98. The number of halogens is 2. The van der Waals surface area contributed by atoms with E-state index in [0.717, 1.165) is 0 Å². The summed E-state index contributed by atoms with van der Waals surface area (Å²) >= 11 is 12.3. The number of benzene rings is 1. The van der Waals surface area contributed by atoms with Gasteiger partial charge in [-0.25, -0.2) is 4.99 Å². The molecular weight excluding hydrogens is 351 g/mol. The summed E-state index contributed by atoms with van der Waals surface area (Å²) in [5.74, 6) is -2.14. The molecule has 2 N–H and O–H groups in total. The monoisotopic (exact) mass is 362 g/mol. The lowest BCUT2D eigenvalue weighted by Crippen LogP contribution is -2.39. The van der Waals surface area contributed by atoms with E-state index in [4.69, 9.17) is 38.4 Å². The quantitative estimate of drug-likeness (QED) is 0.826. The Morgan fingerprint density at radius 3 is 2.62 bits per heavy atom. The van der Waals surface area contributed by atoms with Crippen LogP contribution >= 0.6 is 23.2 Å². The number of hydrogen-bond donors (Lipinski definition) is 1. The van der Waals surface area contributed by atoms with Crippen molar-refractivity contribution in [1.29, 1.82) is 10.5 Å². The van der Waals surface area contributed by atoms with Gasteiger partial charge in [0.15, 0.2) is 5.41 Å². The Kier molecular flexibility index (Phi) is 3.02. The van der Waals surface area contributed by atoms with Crippen LogP contribution in [0.5, 0.6) is 0 Å². The second-order valence-electron chi connectivity index (χ2n) is 6.26. The Hall–Kier alpha value is -1.83. The molecular formula is C16H12Cl2N4O2. The predicted molar refractivity (Wildman–Crippen MR) is 86.1 cm³/mol. The smallest absolute Gasteiger partial charge is 0.293 e. The SMILES string of the molecule is C[C@@H]1CO[C@]2(N=C(N)[C@@]3(C#N)[C@@H](c4ccc(Cl)cc4Cl)[C@@]23C#N)O1. The highest BCUT2D eigenvalue weighted by Crippen LogP contribution is 2.83. The third-order valence-electron chi connectivity index (χ3n) is 5.08. The van der Waals surface area contributed by atoms with Gasteiger partial charge >= 0.3 is 0 Å². The van der Waals surface area contributed by atoms with Crippen LogP contribution in [0.25, 0.3) is 0 Å². The second-order valence-corrected chi connectivity index (χ2v) is 7.10. The number of aliphatic imine (C=N–C) groups is 1. The molecule has 2 aliphatic heterocycles. The van der Waals surface area contributed by atoms with Crippen LogP contribution in [0.4, 0.5) is 0 Å². The molecule has 1 saturated carbocycles. The molecule has 1 aliphatic carbocycles. The van der Waals surface area contributed by atoms with Crippen LogP contribution in [0, 0.1) is 33.5 Å². The van der Waals surface area contributed by atoms with E-state index in [1.54, 1.807) is 18.2 Å². The van der Waals surface area contributed by atoms with Crippen LogP contribution in [-0.2, 0) is 9.47 Å². The first-order valence-corrected chi connectivity index (χ1v) is 8.09. The van der Waals surface area contributed by atoms with Crippen LogP contribution in [0.15, 0.2) is 23.2 Å². The van der Waals surface area contributed by atoms with E-state index >= 15 is 0 Å². The van der Waals surface area contributed by atoms with Gasteiger partial charge in [0.2, 0.25) is 0 Å². The molecule has 122 valence electrons. The van der Waals surface area contributed by atoms with Crippen LogP contribution in [-0.4, -0.2) is 24.5 Å². The first kappa shape index (κ1) is 15.7. The molecule has 0 radical (unpaired) electrons. The van der Waals surface area contributed by atoms with Crippen LogP contribution in [0.3, 0.4) is 0 Å². The minimum absolute atomic E-state index is 0.0386. The van der Waals surface area contributed by atoms with Crippen LogP contribution in [0.1, 0.15) is 18.4 Å². The number of nitrogens with two attached hydrogens (primary N) is 1. The topological polar surface area (TPSA) is 104 Å². The summed E-state index contributed by atoms with van der Waals surface area (Å²) in [6.07, 6.45) is -0.261. The first-order chi connectivity index (χ1) is 11.4. The van der Waals surface area contributed by atoms with Crippen molar-refractivity contribution in [2.45, 2.75) is 24.9 Å². The van der Waals surface area contributed by atoms with E-state index in [-0.39, 0.29) is 18.5 Å². The van der Waals surface area contributed by atoms with Crippen LogP contribution < -0.4 is 5.73 Å². The van der Waals surface area contributed by atoms with E-state index in [0.29, 0.717) is 15.6 Å². The largest absolute Gasteiger partial charge is 0.386 e. The summed E-state index contributed by atoms with van der Waals surface area (Å²) in [5, 5.41) is 20.7. The van der Waals surface area contributed by atoms with Gasteiger partial charge in [0.05, 0.1) is 24.8 Å². The standard InChI is InChI=1S/C16H12Cl2N4O2/c1-8-5-23-16(24-8)15(7-20)12(14(15,6-19)13(21)22-16)10-3-2-9(17)4-11(10)18/h2-4,8,12H,5H2,1H3,(H2,21,22)/t8-,12-,14-,15-,16+/m1/s1. The number of amidine groups is 1. The van der Waals surface area contributed by atoms with Crippen molar-refractivity contribution in [3.05, 3.63) is 33.8 Å². The summed E-state index contributed by atoms with van der Waals surface area (Å²) in [6.45, 7) is 2.08. The van der Waals surface area contributed by atoms with Gasteiger partial charge in [0.25, 0.3) is 5.91 Å². The first-order valence-electron chi connectivity index (χ1n) is 7.33. The van der Waals surface area contributed by atoms with Crippen molar-refractivity contribution < 1.29 is 9.47 Å². The lowest BCUT2D eigenvalue weighted by atomic mass is 9.94. The third kappa shape index (κ3) is 1.46. The van der Waals surface area contributed by atoms with E-state index in [9.17, 15) is 10.5 Å². The molecule has 24 heavy (non-hydrogen) atoms. The molecule has 2 fully saturated rings. The van der Waals surface area contributed by atoms with Crippen molar-refractivity contribution in [3.8, 4) is 12.1 Å². The van der Waals surface area contributed by atoms with Gasteiger partial charge in [-0.2, -0.15) is 10.5 Å². The number of fused-ring (bicyclic) bond motifs is 2. The second kappa shape index (κ2) is 4.62. The van der Waals surface area contributed by atoms with Gasteiger partial charge in [-0.1, -0.05) is 29.3 Å². The number of ether oxygens (including phenoxy) is 2. The van der Waals surface area contributed by atoms with Crippen molar-refractivity contribution in [3.63, 3.8) is 0 Å². The van der Waals surface area contributed by atoms with Gasteiger partial charge in [0, 0.05) is 16.0 Å². The van der Waals surface area contributed by atoms with Gasteiger partial charge < -0.3 is 15.2 Å². The maximum absolute atomic E-state index is 10.0. The highest BCUT2D eigenvalue weighted by Gasteiger charge is 2.94. The molecule has 0 unspecified atom stereocenters. The van der Waals surface area contributed by atoms with Gasteiger partial charge in [-0.3, -0.25) is 0 Å². The summed E-state index contributed by atoms with van der Waals surface area (Å²) in [7, 11) is 0. The average Bonchev–Trinajstić information content (AvgIpc) is 2.90. The molecule has 6 nitrogen and oxygen atoms in total. The zero-order valence-corrected chi connectivity index (χ0v) is 14.1. The highest BCUT2D eigenvalue weighted by molar-refractivity contribution is 6.35. The Balaban J connectivity index is 1.94. The molecule has 2 heterocycles. The summed E-state index contributed by atoms with van der Waals surface area (Å²) in [6, 6.07) is 9.33. The molecule has 8 heteroatoms. The molecule has 0 amide bonds. The Labute approximate surface area is 148 Å². The van der Waals surface area contributed by atoms with E-state index in [2.05, 4.69) is 17.1 Å². The Morgan fingerprint density at radius 2 is 2.08 bits per heavy atom. The minimum Gasteiger partial charge on any atom is -0.386 e.